The summed E-state index contributed by atoms with van der Waals surface area (Å²) >= 11 is 3.32. The van der Waals surface area contributed by atoms with Gasteiger partial charge in [0.1, 0.15) is 6.42 Å². The highest BCUT2D eigenvalue weighted by Gasteiger charge is 2.12. The molecule has 0 radical (unpaired) electrons. The maximum atomic E-state index is 12.0. The van der Waals surface area contributed by atoms with Crippen LogP contribution in [0.3, 0.4) is 0 Å². The van der Waals surface area contributed by atoms with Gasteiger partial charge in [-0.3, -0.25) is 9.59 Å². The van der Waals surface area contributed by atoms with Crippen LogP contribution in [0, 0.1) is 0 Å². The summed E-state index contributed by atoms with van der Waals surface area (Å²) < 4.78 is 11.1. The van der Waals surface area contributed by atoms with Crippen LogP contribution in [0.15, 0.2) is 46.9 Å². The van der Waals surface area contributed by atoms with Crippen molar-refractivity contribution in [3.05, 3.63) is 46.9 Å². The minimum atomic E-state index is -0.422. The molecule has 0 spiro atoms. The van der Waals surface area contributed by atoms with Crippen molar-refractivity contribution < 1.29 is 19.1 Å². The van der Waals surface area contributed by atoms with Crippen LogP contribution in [0.5, 0.6) is 11.5 Å². The van der Waals surface area contributed by atoms with Crippen LogP contribution in [-0.2, 0) is 9.59 Å². The molecule has 0 saturated carbocycles. The van der Waals surface area contributed by atoms with Crippen molar-refractivity contribution in [1.29, 1.82) is 0 Å². The van der Waals surface area contributed by atoms with Crippen molar-refractivity contribution >= 4 is 39.1 Å². The van der Waals surface area contributed by atoms with Gasteiger partial charge < -0.3 is 20.1 Å². The molecule has 24 heavy (non-hydrogen) atoms. The Morgan fingerprint density at radius 2 is 1.54 bits per heavy atom. The summed E-state index contributed by atoms with van der Waals surface area (Å²) in [6, 6.07) is 12.1. The minimum Gasteiger partial charge on any atom is -0.493 e. The average Bonchev–Trinajstić information content (AvgIpc) is 2.54. The summed E-state index contributed by atoms with van der Waals surface area (Å²) in [7, 11) is 3.04. The van der Waals surface area contributed by atoms with Gasteiger partial charge in [-0.25, -0.2) is 0 Å². The van der Waals surface area contributed by atoms with E-state index in [9.17, 15) is 9.59 Å². The maximum absolute atomic E-state index is 12.0. The molecule has 0 fully saturated rings. The molecule has 6 nitrogen and oxygen atoms in total. The standard InChI is InChI=1S/C17H17BrN2O4/c1-23-14-7-6-13(9-15(14)24-2)20-17(22)10-16(21)19-12-5-3-4-11(18)8-12/h3-9H,10H2,1-2H3,(H,19,21)(H,20,22). The predicted octanol–water partition coefficient (Wildman–Crippen LogP) is 3.43. The molecule has 2 rings (SSSR count). The van der Waals surface area contributed by atoms with Gasteiger partial charge in [-0.05, 0) is 30.3 Å². The zero-order valence-electron chi connectivity index (χ0n) is 13.3. The van der Waals surface area contributed by atoms with Crippen LogP contribution < -0.4 is 20.1 Å². The van der Waals surface area contributed by atoms with Gasteiger partial charge in [0, 0.05) is 21.9 Å². The lowest BCUT2D eigenvalue weighted by atomic mass is 10.2. The second-order valence-corrected chi connectivity index (χ2v) is 5.77. The monoisotopic (exact) mass is 392 g/mol. The van der Waals surface area contributed by atoms with E-state index in [0.717, 1.165) is 4.47 Å². The van der Waals surface area contributed by atoms with E-state index in [1.165, 1.54) is 14.2 Å². The Morgan fingerprint density at radius 1 is 0.917 bits per heavy atom. The Bertz CT molecular complexity index is 749. The largest absolute Gasteiger partial charge is 0.493 e. The van der Waals surface area contributed by atoms with Gasteiger partial charge in [0.15, 0.2) is 11.5 Å². The number of carbonyl (C=O) groups excluding carboxylic acids is 2. The molecular formula is C17H17BrN2O4. The van der Waals surface area contributed by atoms with Gasteiger partial charge in [-0.15, -0.1) is 0 Å². The molecule has 2 N–H and O–H groups in total. The van der Waals surface area contributed by atoms with E-state index in [2.05, 4.69) is 26.6 Å². The molecule has 0 unspecified atom stereocenters. The van der Waals surface area contributed by atoms with E-state index in [4.69, 9.17) is 9.47 Å². The van der Waals surface area contributed by atoms with E-state index in [-0.39, 0.29) is 6.42 Å². The molecule has 0 bridgehead atoms. The van der Waals surface area contributed by atoms with Gasteiger partial charge in [-0.2, -0.15) is 0 Å². The van der Waals surface area contributed by atoms with Crippen LogP contribution in [-0.4, -0.2) is 26.0 Å². The summed E-state index contributed by atoms with van der Waals surface area (Å²) in [5.74, 6) is 0.234. The predicted molar refractivity (Wildman–Crippen MR) is 95.6 cm³/mol. The molecule has 2 amide bonds. The summed E-state index contributed by atoms with van der Waals surface area (Å²) in [6.07, 6.45) is -0.291. The number of hydrogen-bond donors (Lipinski definition) is 2. The van der Waals surface area contributed by atoms with Crippen molar-refractivity contribution in [2.75, 3.05) is 24.9 Å². The van der Waals surface area contributed by atoms with Crippen LogP contribution in [0.1, 0.15) is 6.42 Å². The fourth-order valence-electron chi connectivity index (χ4n) is 2.04. The highest BCUT2D eigenvalue weighted by molar-refractivity contribution is 9.10. The second-order valence-electron chi connectivity index (χ2n) is 4.85. The van der Waals surface area contributed by atoms with Crippen LogP contribution >= 0.6 is 15.9 Å². The average molecular weight is 393 g/mol. The Labute approximate surface area is 148 Å². The number of halogens is 1. The molecule has 0 aromatic heterocycles. The molecule has 0 aliphatic heterocycles. The molecule has 7 heteroatoms. The SMILES string of the molecule is COc1ccc(NC(=O)CC(=O)Nc2cccc(Br)c2)cc1OC. The topological polar surface area (TPSA) is 76.7 Å². The highest BCUT2D eigenvalue weighted by atomic mass is 79.9. The summed E-state index contributed by atoms with van der Waals surface area (Å²) in [5.41, 5.74) is 1.14. The summed E-state index contributed by atoms with van der Waals surface area (Å²) in [6.45, 7) is 0. The Kier molecular flexibility index (Phi) is 6.20. The number of benzene rings is 2. The molecule has 0 aliphatic rings. The molecule has 126 valence electrons. The number of carbonyl (C=O) groups is 2. The van der Waals surface area contributed by atoms with E-state index < -0.39 is 11.8 Å². The third-order valence-corrected chi connectivity index (χ3v) is 3.59. The van der Waals surface area contributed by atoms with Crippen molar-refractivity contribution in [1.82, 2.24) is 0 Å². The van der Waals surface area contributed by atoms with E-state index in [1.807, 2.05) is 6.07 Å². The lowest BCUT2D eigenvalue weighted by molar-refractivity contribution is -0.123. The normalized spacial score (nSPS) is 9.96. The molecule has 0 saturated heterocycles. The van der Waals surface area contributed by atoms with Gasteiger partial charge in [0.05, 0.1) is 14.2 Å². The first-order valence-electron chi connectivity index (χ1n) is 7.09. The number of methoxy groups -OCH3 is 2. The Hall–Kier alpha value is -2.54. The zero-order valence-corrected chi connectivity index (χ0v) is 14.8. The number of amides is 2. The molecule has 2 aromatic carbocycles. The van der Waals surface area contributed by atoms with Gasteiger partial charge >= 0.3 is 0 Å². The van der Waals surface area contributed by atoms with Crippen molar-refractivity contribution in [2.45, 2.75) is 6.42 Å². The fourth-order valence-corrected chi connectivity index (χ4v) is 2.44. The maximum Gasteiger partial charge on any atom is 0.233 e. The van der Waals surface area contributed by atoms with Gasteiger partial charge in [0.2, 0.25) is 11.8 Å². The van der Waals surface area contributed by atoms with Gasteiger partial charge in [0.25, 0.3) is 0 Å². The van der Waals surface area contributed by atoms with Crippen molar-refractivity contribution in [3.8, 4) is 11.5 Å². The van der Waals surface area contributed by atoms with Crippen LogP contribution in [0.4, 0.5) is 11.4 Å². The summed E-state index contributed by atoms with van der Waals surface area (Å²) in [4.78, 5) is 23.9. The quantitative estimate of drug-likeness (QED) is 0.738. The third kappa shape index (κ3) is 4.99. The Balaban J connectivity index is 1.94. The zero-order chi connectivity index (χ0) is 17.5. The minimum absolute atomic E-state index is 0.291. The molecule has 0 aliphatic carbocycles. The van der Waals surface area contributed by atoms with Crippen molar-refractivity contribution in [3.63, 3.8) is 0 Å². The first-order chi connectivity index (χ1) is 11.5. The molecule has 0 atom stereocenters. The van der Waals surface area contributed by atoms with E-state index >= 15 is 0 Å². The van der Waals surface area contributed by atoms with E-state index in [0.29, 0.717) is 22.9 Å². The van der Waals surface area contributed by atoms with Gasteiger partial charge in [-0.1, -0.05) is 22.0 Å². The number of hydrogen-bond acceptors (Lipinski definition) is 4. The highest BCUT2D eigenvalue weighted by Crippen LogP contribution is 2.29. The number of anilines is 2. The van der Waals surface area contributed by atoms with Crippen LogP contribution in [0.2, 0.25) is 0 Å². The fraction of sp³-hybridized carbons (Fsp3) is 0.176. The first kappa shape index (κ1) is 17.8. The molecule has 0 heterocycles. The molecular weight excluding hydrogens is 376 g/mol. The number of nitrogens with one attached hydrogen (secondary N) is 2. The Morgan fingerprint density at radius 3 is 2.12 bits per heavy atom. The summed E-state index contributed by atoms with van der Waals surface area (Å²) in [5, 5.41) is 5.32. The smallest absolute Gasteiger partial charge is 0.233 e. The van der Waals surface area contributed by atoms with Crippen molar-refractivity contribution in [2.24, 2.45) is 0 Å². The lowest BCUT2D eigenvalue weighted by Crippen LogP contribution is -2.21. The number of rotatable bonds is 6. The first-order valence-corrected chi connectivity index (χ1v) is 7.88. The third-order valence-electron chi connectivity index (χ3n) is 3.10. The second kappa shape index (κ2) is 8.35. The molecule has 2 aromatic rings. The number of ether oxygens (including phenoxy) is 2. The van der Waals surface area contributed by atoms with E-state index in [1.54, 1.807) is 36.4 Å². The van der Waals surface area contributed by atoms with Crippen LogP contribution in [0.25, 0.3) is 0 Å². The lowest BCUT2D eigenvalue weighted by Gasteiger charge is -2.10.